The van der Waals surface area contributed by atoms with Crippen molar-refractivity contribution in [2.75, 3.05) is 5.75 Å². The third-order valence-corrected chi connectivity index (χ3v) is 8.79. The highest BCUT2D eigenvalue weighted by atomic mass is 32.2. The summed E-state index contributed by atoms with van der Waals surface area (Å²) in [5.41, 5.74) is -1.20. The highest BCUT2D eigenvalue weighted by Crippen LogP contribution is 2.70. The van der Waals surface area contributed by atoms with E-state index in [1.54, 1.807) is 20.8 Å². The predicted octanol–water partition coefficient (Wildman–Crippen LogP) is 2.33. The Morgan fingerprint density at radius 1 is 1.24 bits per heavy atom. The van der Waals surface area contributed by atoms with Crippen molar-refractivity contribution in [1.82, 2.24) is 4.31 Å². The number of hydrogen-bond acceptors (Lipinski definition) is 5. The van der Waals surface area contributed by atoms with Gasteiger partial charge in [0.1, 0.15) is 0 Å². The molecular formula is C18H29NO5S. The molecule has 0 aromatic carbocycles. The van der Waals surface area contributed by atoms with Gasteiger partial charge < -0.3 is 4.74 Å². The minimum atomic E-state index is -3.68. The molecule has 1 spiro atoms. The third-order valence-electron chi connectivity index (χ3n) is 6.87. The number of amides is 1. The number of rotatable bonds is 2. The van der Waals surface area contributed by atoms with Gasteiger partial charge in [-0.05, 0) is 58.3 Å². The Kier molecular flexibility index (Phi) is 3.89. The predicted molar refractivity (Wildman–Crippen MR) is 93.0 cm³/mol. The van der Waals surface area contributed by atoms with Crippen LogP contribution in [0.1, 0.15) is 60.8 Å². The molecule has 2 saturated carbocycles. The fourth-order valence-corrected chi connectivity index (χ4v) is 7.74. The van der Waals surface area contributed by atoms with Crippen LogP contribution in [0.5, 0.6) is 0 Å². The van der Waals surface area contributed by atoms with E-state index in [1.165, 1.54) is 6.92 Å². The zero-order valence-corrected chi connectivity index (χ0v) is 16.8. The van der Waals surface area contributed by atoms with E-state index in [0.29, 0.717) is 5.92 Å². The van der Waals surface area contributed by atoms with Gasteiger partial charge in [0, 0.05) is 5.41 Å². The van der Waals surface area contributed by atoms with Gasteiger partial charge in [-0.2, -0.15) is 0 Å². The number of nitrogens with zero attached hydrogens (tertiary/aromatic N) is 1. The van der Waals surface area contributed by atoms with Crippen molar-refractivity contribution in [3.63, 3.8) is 0 Å². The number of ether oxygens (including phenoxy) is 1. The van der Waals surface area contributed by atoms with Crippen LogP contribution in [-0.2, 0) is 24.3 Å². The lowest BCUT2D eigenvalue weighted by Crippen LogP contribution is -2.48. The van der Waals surface area contributed by atoms with Crippen LogP contribution in [0, 0.1) is 22.2 Å². The average Bonchev–Trinajstić information content (AvgIpc) is 2.92. The standard InChI is InChI=1S/C18H29NO5S/c1-11(24-15(21)16(2,3)4)14(20)19-13-9-12-7-8-18(13,17(12,5)6)10-25(19,22)23/h11-13H,7-10H2,1-6H3/t11-,12-,13-,18-/m1/s1. The molecule has 1 amide bonds. The highest BCUT2D eigenvalue weighted by Gasteiger charge is 2.72. The molecule has 0 aromatic rings. The minimum Gasteiger partial charge on any atom is -0.452 e. The summed E-state index contributed by atoms with van der Waals surface area (Å²) in [6.45, 7) is 10.8. The second-order valence-corrected chi connectivity index (χ2v) is 11.4. The average molecular weight is 371 g/mol. The summed E-state index contributed by atoms with van der Waals surface area (Å²) in [5.74, 6) is -0.647. The van der Waals surface area contributed by atoms with Gasteiger partial charge in [-0.15, -0.1) is 0 Å². The first-order chi connectivity index (χ1) is 11.2. The van der Waals surface area contributed by atoms with Crippen molar-refractivity contribution in [1.29, 1.82) is 0 Å². The SMILES string of the molecule is C[C@@H](OC(=O)C(C)(C)C)C(=O)N1[C@@H]2C[C@H]3CC[C@]2(CS1(=O)=O)C3(C)C. The van der Waals surface area contributed by atoms with Gasteiger partial charge >= 0.3 is 5.97 Å². The lowest BCUT2D eigenvalue weighted by molar-refractivity contribution is -0.165. The molecule has 3 rings (SSSR count). The number of hydrogen-bond donors (Lipinski definition) is 0. The molecule has 2 bridgehead atoms. The second-order valence-electron chi connectivity index (χ2n) is 9.55. The van der Waals surface area contributed by atoms with Crippen LogP contribution >= 0.6 is 0 Å². The first-order valence-electron chi connectivity index (χ1n) is 9.01. The van der Waals surface area contributed by atoms with Crippen molar-refractivity contribution in [2.45, 2.75) is 73.0 Å². The third kappa shape index (κ3) is 2.45. The number of esters is 1. The molecule has 25 heavy (non-hydrogen) atoms. The second kappa shape index (κ2) is 5.21. The summed E-state index contributed by atoms with van der Waals surface area (Å²) in [4.78, 5) is 25.0. The zero-order chi connectivity index (χ0) is 19.0. The van der Waals surface area contributed by atoms with E-state index in [4.69, 9.17) is 4.74 Å². The number of carbonyl (C=O) groups is 2. The molecule has 142 valence electrons. The molecule has 3 fully saturated rings. The Hall–Kier alpha value is -1.11. The maximum Gasteiger partial charge on any atom is 0.311 e. The van der Waals surface area contributed by atoms with Crippen LogP contribution in [0.3, 0.4) is 0 Å². The molecule has 6 nitrogen and oxygen atoms in total. The van der Waals surface area contributed by atoms with Crippen LogP contribution in [-0.4, -0.2) is 42.5 Å². The van der Waals surface area contributed by atoms with Gasteiger partial charge in [-0.1, -0.05) is 13.8 Å². The van der Waals surface area contributed by atoms with E-state index in [9.17, 15) is 18.0 Å². The fourth-order valence-electron chi connectivity index (χ4n) is 5.15. The van der Waals surface area contributed by atoms with E-state index in [2.05, 4.69) is 13.8 Å². The maximum absolute atomic E-state index is 12.9. The summed E-state index contributed by atoms with van der Waals surface area (Å²) in [6.07, 6.45) is 1.49. The molecule has 1 saturated heterocycles. The van der Waals surface area contributed by atoms with Crippen LogP contribution in [0.4, 0.5) is 0 Å². The number of fused-ring (bicyclic) bond motifs is 1. The normalized spacial score (nSPS) is 36.2. The molecular weight excluding hydrogens is 342 g/mol. The molecule has 4 atom stereocenters. The molecule has 3 aliphatic rings. The summed E-state index contributed by atoms with van der Waals surface area (Å²) in [6, 6.07) is -0.297. The molecule has 2 aliphatic carbocycles. The van der Waals surface area contributed by atoms with Crippen molar-refractivity contribution in [3.05, 3.63) is 0 Å². The summed E-state index contributed by atoms with van der Waals surface area (Å²) in [5, 5.41) is 0. The van der Waals surface area contributed by atoms with Crippen LogP contribution < -0.4 is 0 Å². The summed E-state index contributed by atoms with van der Waals surface area (Å²) < 4.78 is 32.0. The quantitative estimate of drug-likeness (QED) is 0.696. The Balaban J connectivity index is 1.88. The fraction of sp³-hybridized carbons (Fsp3) is 0.889. The van der Waals surface area contributed by atoms with Gasteiger partial charge in [-0.25, -0.2) is 12.7 Å². The Morgan fingerprint density at radius 2 is 1.84 bits per heavy atom. The molecule has 0 unspecified atom stereocenters. The van der Waals surface area contributed by atoms with E-state index in [0.717, 1.165) is 23.6 Å². The largest absolute Gasteiger partial charge is 0.452 e. The van der Waals surface area contributed by atoms with Crippen molar-refractivity contribution in [3.8, 4) is 0 Å². The van der Waals surface area contributed by atoms with Gasteiger partial charge in [0.25, 0.3) is 5.91 Å². The zero-order valence-electron chi connectivity index (χ0n) is 16.0. The molecule has 1 heterocycles. The van der Waals surface area contributed by atoms with E-state index in [1.807, 2.05) is 0 Å². The van der Waals surface area contributed by atoms with Crippen LogP contribution in [0.25, 0.3) is 0 Å². The highest BCUT2D eigenvalue weighted by molar-refractivity contribution is 7.90. The van der Waals surface area contributed by atoms with E-state index in [-0.39, 0.29) is 22.6 Å². The molecule has 1 aliphatic heterocycles. The van der Waals surface area contributed by atoms with Crippen molar-refractivity contribution < 1.29 is 22.7 Å². The summed E-state index contributed by atoms with van der Waals surface area (Å²) in [7, 11) is -3.68. The van der Waals surface area contributed by atoms with E-state index >= 15 is 0 Å². The molecule has 0 aromatic heterocycles. The van der Waals surface area contributed by atoms with Crippen molar-refractivity contribution >= 4 is 21.9 Å². The molecule has 0 N–H and O–H groups in total. The van der Waals surface area contributed by atoms with Gasteiger partial charge in [0.2, 0.25) is 10.0 Å². The maximum atomic E-state index is 12.9. The molecule has 0 radical (unpaired) electrons. The van der Waals surface area contributed by atoms with E-state index < -0.39 is 33.4 Å². The first kappa shape index (κ1) is 18.7. The molecule has 7 heteroatoms. The lowest BCUT2D eigenvalue weighted by atomic mass is 9.69. The topological polar surface area (TPSA) is 80.8 Å². The lowest BCUT2D eigenvalue weighted by Gasteiger charge is -2.37. The summed E-state index contributed by atoms with van der Waals surface area (Å²) >= 11 is 0. The smallest absolute Gasteiger partial charge is 0.311 e. The first-order valence-corrected chi connectivity index (χ1v) is 10.6. The monoisotopic (exact) mass is 371 g/mol. The Morgan fingerprint density at radius 3 is 2.36 bits per heavy atom. The van der Waals surface area contributed by atoms with Crippen LogP contribution in [0.2, 0.25) is 0 Å². The number of carbonyl (C=O) groups excluding carboxylic acids is 2. The Bertz CT molecular complexity index is 720. The van der Waals surface area contributed by atoms with Gasteiger partial charge in [-0.3, -0.25) is 9.59 Å². The van der Waals surface area contributed by atoms with Crippen LogP contribution in [0.15, 0.2) is 0 Å². The minimum absolute atomic E-state index is 0.0276. The van der Waals surface area contributed by atoms with Crippen molar-refractivity contribution in [2.24, 2.45) is 22.2 Å². The van der Waals surface area contributed by atoms with Gasteiger partial charge in [0.15, 0.2) is 6.10 Å². The van der Waals surface area contributed by atoms with Gasteiger partial charge in [0.05, 0.1) is 17.2 Å². The number of sulfonamides is 1. The Labute approximate surface area is 150 Å².